The molecule has 0 bridgehead atoms. The third-order valence-corrected chi connectivity index (χ3v) is 3.66. The first kappa shape index (κ1) is 14.6. The Morgan fingerprint density at radius 2 is 1.55 bits per heavy atom. The molecular formula is C18H24N2. The maximum absolute atomic E-state index is 5.62. The number of benzene rings is 2. The largest absolute Gasteiger partial charge is 0.375 e. The molecule has 0 heterocycles. The minimum absolute atomic E-state index is 0.612. The number of unbranched alkanes of at least 4 members (excludes halogenated alkanes) is 1. The van der Waals surface area contributed by atoms with E-state index in [4.69, 9.17) is 5.73 Å². The number of aryl methyl sites for hydroxylation is 1. The first-order valence-electron chi connectivity index (χ1n) is 7.33. The Morgan fingerprint density at radius 1 is 0.850 bits per heavy atom. The molecule has 0 aliphatic carbocycles. The lowest BCUT2D eigenvalue weighted by Gasteiger charge is -2.19. The average molecular weight is 268 g/mol. The SMILES string of the molecule is CN(CCCCc1ccccc1)c1ccc(CN)cc1. The fraction of sp³-hybridized carbons (Fsp3) is 0.333. The van der Waals surface area contributed by atoms with Gasteiger partial charge in [-0.05, 0) is 42.5 Å². The number of nitrogens with two attached hydrogens (primary N) is 1. The fourth-order valence-electron chi connectivity index (χ4n) is 2.34. The van der Waals surface area contributed by atoms with Crippen molar-refractivity contribution in [3.05, 3.63) is 65.7 Å². The van der Waals surface area contributed by atoms with Crippen LogP contribution in [0.5, 0.6) is 0 Å². The Labute approximate surface area is 122 Å². The summed E-state index contributed by atoms with van der Waals surface area (Å²) in [5.41, 5.74) is 9.50. The average Bonchev–Trinajstić information content (AvgIpc) is 2.52. The van der Waals surface area contributed by atoms with Crippen LogP contribution in [0.4, 0.5) is 5.69 Å². The van der Waals surface area contributed by atoms with E-state index in [9.17, 15) is 0 Å². The Bertz CT molecular complexity index is 491. The standard InChI is InChI=1S/C18H24N2/c1-20(18-12-10-17(15-19)11-13-18)14-6-5-9-16-7-3-2-4-8-16/h2-4,7-8,10-13H,5-6,9,14-15,19H2,1H3. The van der Waals surface area contributed by atoms with Crippen LogP contribution >= 0.6 is 0 Å². The quantitative estimate of drug-likeness (QED) is 0.777. The fourth-order valence-corrected chi connectivity index (χ4v) is 2.34. The van der Waals surface area contributed by atoms with E-state index >= 15 is 0 Å². The first-order valence-corrected chi connectivity index (χ1v) is 7.33. The molecule has 0 radical (unpaired) electrons. The van der Waals surface area contributed by atoms with Crippen LogP contribution in [-0.4, -0.2) is 13.6 Å². The zero-order valence-electron chi connectivity index (χ0n) is 12.3. The van der Waals surface area contributed by atoms with Crippen LogP contribution in [0.2, 0.25) is 0 Å². The van der Waals surface area contributed by atoms with Crippen molar-refractivity contribution in [1.29, 1.82) is 0 Å². The minimum atomic E-state index is 0.612. The summed E-state index contributed by atoms with van der Waals surface area (Å²) in [7, 11) is 2.15. The second-order valence-electron chi connectivity index (χ2n) is 5.23. The lowest BCUT2D eigenvalue weighted by Crippen LogP contribution is -2.18. The molecule has 2 nitrogen and oxygen atoms in total. The van der Waals surface area contributed by atoms with Crippen LogP contribution in [0.1, 0.15) is 24.0 Å². The summed E-state index contributed by atoms with van der Waals surface area (Å²) in [5.74, 6) is 0. The highest BCUT2D eigenvalue weighted by Gasteiger charge is 2.01. The third kappa shape index (κ3) is 4.39. The van der Waals surface area contributed by atoms with E-state index in [-0.39, 0.29) is 0 Å². The molecule has 20 heavy (non-hydrogen) atoms. The van der Waals surface area contributed by atoms with Crippen LogP contribution in [-0.2, 0) is 13.0 Å². The van der Waals surface area contributed by atoms with Crippen molar-refractivity contribution < 1.29 is 0 Å². The zero-order valence-corrected chi connectivity index (χ0v) is 12.3. The first-order chi connectivity index (χ1) is 9.79. The lowest BCUT2D eigenvalue weighted by molar-refractivity contribution is 0.719. The number of rotatable bonds is 7. The molecule has 2 N–H and O–H groups in total. The van der Waals surface area contributed by atoms with Crippen LogP contribution < -0.4 is 10.6 Å². The van der Waals surface area contributed by atoms with Gasteiger partial charge in [0.2, 0.25) is 0 Å². The van der Waals surface area contributed by atoms with E-state index in [2.05, 4.69) is 66.5 Å². The van der Waals surface area contributed by atoms with Gasteiger partial charge >= 0.3 is 0 Å². The molecule has 2 aromatic rings. The van der Waals surface area contributed by atoms with Gasteiger partial charge in [-0.1, -0.05) is 42.5 Å². The summed E-state index contributed by atoms with van der Waals surface area (Å²) in [6.07, 6.45) is 3.61. The minimum Gasteiger partial charge on any atom is -0.375 e. The highest BCUT2D eigenvalue weighted by atomic mass is 15.1. The summed E-state index contributed by atoms with van der Waals surface area (Å²) in [4.78, 5) is 2.31. The van der Waals surface area contributed by atoms with Crippen molar-refractivity contribution in [3.8, 4) is 0 Å². The number of anilines is 1. The van der Waals surface area contributed by atoms with Gasteiger partial charge in [0.15, 0.2) is 0 Å². The summed E-state index contributed by atoms with van der Waals surface area (Å²) in [6, 6.07) is 19.2. The maximum Gasteiger partial charge on any atom is 0.0363 e. The van der Waals surface area contributed by atoms with E-state index in [1.807, 2.05) is 0 Å². The van der Waals surface area contributed by atoms with E-state index in [1.165, 1.54) is 36.1 Å². The van der Waals surface area contributed by atoms with Crippen LogP contribution in [0.15, 0.2) is 54.6 Å². The van der Waals surface area contributed by atoms with Crippen molar-refractivity contribution in [2.45, 2.75) is 25.8 Å². The molecule has 0 fully saturated rings. The molecule has 2 rings (SSSR count). The van der Waals surface area contributed by atoms with Crippen LogP contribution in [0.3, 0.4) is 0 Å². The van der Waals surface area contributed by atoms with E-state index in [0.29, 0.717) is 6.54 Å². The van der Waals surface area contributed by atoms with Crippen molar-refractivity contribution in [1.82, 2.24) is 0 Å². The van der Waals surface area contributed by atoms with Gasteiger partial charge in [-0.15, -0.1) is 0 Å². The second-order valence-corrected chi connectivity index (χ2v) is 5.23. The topological polar surface area (TPSA) is 29.3 Å². The Balaban J connectivity index is 1.73. The van der Waals surface area contributed by atoms with Crippen molar-refractivity contribution in [2.75, 3.05) is 18.5 Å². The predicted molar refractivity (Wildman–Crippen MR) is 87.0 cm³/mol. The molecule has 0 unspecified atom stereocenters. The molecule has 0 aliphatic heterocycles. The molecule has 0 aliphatic rings. The molecule has 0 atom stereocenters. The molecule has 0 spiro atoms. The molecule has 0 saturated heterocycles. The zero-order chi connectivity index (χ0) is 14.2. The number of nitrogens with zero attached hydrogens (tertiary/aromatic N) is 1. The Hall–Kier alpha value is -1.80. The maximum atomic E-state index is 5.62. The van der Waals surface area contributed by atoms with E-state index in [0.717, 1.165) is 6.54 Å². The monoisotopic (exact) mass is 268 g/mol. The van der Waals surface area contributed by atoms with Crippen molar-refractivity contribution in [3.63, 3.8) is 0 Å². The lowest BCUT2D eigenvalue weighted by atomic mass is 10.1. The number of hydrogen-bond donors (Lipinski definition) is 1. The molecule has 106 valence electrons. The highest BCUT2D eigenvalue weighted by molar-refractivity contribution is 5.46. The summed E-state index contributed by atoms with van der Waals surface area (Å²) >= 11 is 0. The summed E-state index contributed by atoms with van der Waals surface area (Å²) in [5, 5.41) is 0. The van der Waals surface area contributed by atoms with Gasteiger partial charge in [0, 0.05) is 25.8 Å². The molecule has 0 amide bonds. The second kappa shape index (κ2) is 7.71. The van der Waals surface area contributed by atoms with E-state index in [1.54, 1.807) is 0 Å². The van der Waals surface area contributed by atoms with Crippen LogP contribution in [0, 0.1) is 0 Å². The van der Waals surface area contributed by atoms with Gasteiger partial charge in [0.1, 0.15) is 0 Å². The van der Waals surface area contributed by atoms with Gasteiger partial charge in [-0.25, -0.2) is 0 Å². The predicted octanol–water partition coefficient (Wildman–Crippen LogP) is 3.60. The molecule has 0 saturated carbocycles. The van der Waals surface area contributed by atoms with Gasteiger partial charge < -0.3 is 10.6 Å². The van der Waals surface area contributed by atoms with Gasteiger partial charge in [0.25, 0.3) is 0 Å². The van der Waals surface area contributed by atoms with Gasteiger partial charge in [-0.2, -0.15) is 0 Å². The normalized spacial score (nSPS) is 10.5. The van der Waals surface area contributed by atoms with Crippen LogP contribution in [0.25, 0.3) is 0 Å². The Morgan fingerprint density at radius 3 is 2.20 bits per heavy atom. The summed E-state index contributed by atoms with van der Waals surface area (Å²) < 4.78 is 0. The van der Waals surface area contributed by atoms with Gasteiger partial charge in [-0.3, -0.25) is 0 Å². The summed E-state index contributed by atoms with van der Waals surface area (Å²) in [6.45, 7) is 1.70. The number of hydrogen-bond acceptors (Lipinski definition) is 2. The molecular weight excluding hydrogens is 244 g/mol. The van der Waals surface area contributed by atoms with Crippen molar-refractivity contribution in [2.24, 2.45) is 5.73 Å². The molecule has 0 aromatic heterocycles. The Kier molecular flexibility index (Phi) is 5.63. The highest BCUT2D eigenvalue weighted by Crippen LogP contribution is 2.14. The van der Waals surface area contributed by atoms with Gasteiger partial charge in [0.05, 0.1) is 0 Å². The molecule has 2 heteroatoms. The van der Waals surface area contributed by atoms with E-state index < -0.39 is 0 Å². The smallest absolute Gasteiger partial charge is 0.0363 e. The third-order valence-electron chi connectivity index (χ3n) is 3.66. The van der Waals surface area contributed by atoms with Crippen molar-refractivity contribution >= 4 is 5.69 Å². The molecule has 2 aromatic carbocycles.